The number of piperidine rings is 1. The Kier molecular flexibility index (Phi) is 5.10. The summed E-state index contributed by atoms with van der Waals surface area (Å²) in [6.07, 6.45) is 2.67. The number of fused-ring (bicyclic) bond motifs is 1. The second-order valence-electron chi connectivity index (χ2n) is 7.32. The van der Waals surface area contributed by atoms with E-state index in [9.17, 15) is 4.79 Å². The van der Waals surface area contributed by atoms with Gasteiger partial charge in [0.15, 0.2) is 0 Å². The van der Waals surface area contributed by atoms with E-state index in [-0.39, 0.29) is 5.56 Å². The molecule has 2 aliphatic heterocycles. The van der Waals surface area contributed by atoms with Crippen LogP contribution in [0.2, 0.25) is 0 Å². The van der Waals surface area contributed by atoms with Gasteiger partial charge in [-0.15, -0.1) is 0 Å². The van der Waals surface area contributed by atoms with Crippen molar-refractivity contribution >= 4 is 10.9 Å². The third-order valence-electron chi connectivity index (χ3n) is 5.42. The molecular weight excluding hydrogens is 314 g/mol. The standard InChI is InChI=1S/C19H27N5O/c25-19-16-5-1-2-6-17(16)21-18(22-19)14-24-10-8-23(9-11-24)13-15-4-3-7-20-12-15/h1-2,5-6,15,20H,3-4,7-14H2,(H,21,22,25). The predicted octanol–water partition coefficient (Wildman–Crippen LogP) is 1.04. The van der Waals surface area contributed by atoms with Gasteiger partial charge >= 0.3 is 0 Å². The number of hydrogen-bond acceptors (Lipinski definition) is 5. The van der Waals surface area contributed by atoms with Crippen LogP contribution in [0, 0.1) is 5.92 Å². The lowest BCUT2D eigenvalue weighted by Gasteiger charge is -2.37. The maximum atomic E-state index is 12.2. The number of rotatable bonds is 4. The molecule has 4 rings (SSSR count). The lowest BCUT2D eigenvalue weighted by Crippen LogP contribution is -2.49. The summed E-state index contributed by atoms with van der Waals surface area (Å²) < 4.78 is 0. The Balaban J connectivity index is 1.33. The molecule has 0 saturated carbocycles. The highest BCUT2D eigenvalue weighted by Gasteiger charge is 2.21. The van der Waals surface area contributed by atoms with Gasteiger partial charge in [0.05, 0.1) is 17.4 Å². The number of hydrogen-bond donors (Lipinski definition) is 2. The van der Waals surface area contributed by atoms with Gasteiger partial charge in [0, 0.05) is 32.7 Å². The Morgan fingerprint density at radius 2 is 1.92 bits per heavy atom. The fourth-order valence-electron chi connectivity index (χ4n) is 4.00. The first-order valence-electron chi connectivity index (χ1n) is 9.41. The fourth-order valence-corrected chi connectivity index (χ4v) is 4.00. The summed E-state index contributed by atoms with van der Waals surface area (Å²) in [6, 6.07) is 7.53. The molecule has 2 aliphatic rings. The van der Waals surface area contributed by atoms with E-state index in [1.807, 2.05) is 24.3 Å². The van der Waals surface area contributed by atoms with Crippen molar-refractivity contribution in [3.05, 3.63) is 40.4 Å². The van der Waals surface area contributed by atoms with Gasteiger partial charge in [-0.1, -0.05) is 12.1 Å². The molecule has 1 unspecified atom stereocenters. The molecule has 2 aromatic rings. The molecule has 0 spiro atoms. The molecule has 2 N–H and O–H groups in total. The number of para-hydroxylation sites is 1. The van der Waals surface area contributed by atoms with E-state index < -0.39 is 0 Å². The molecular formula is C19H27N5O. The zero-order valence-electron chi connectivity index (χ0n) is 14.7. The van der Waals surface area contributed by atoms with Crippen LogP contribution in [-0.2, 0) is 6.54 Å². The summed E-state index contributed by atoms with van der Waals surface area (Å²) in [4.78, 5) is 24.7. The summed E-state index contributed by atoms with van der Waals surface area (Å²) in [5, 5.41) is 4.17. The van der Waals surface area contributed by atoms with Crippen molar-refractivity contribution in [2.45, 2.75) is 19.4 Å². The zero-order valence-corrected chi connectivity index (χ0v) is 14.7. The highest BCUT2D eigenvalue weighted by atomic mass is 16.1. The van der Waals surface area contributed by atoms with Crippen molar-refractivity contribution in [3.63, 3.8) is 0 Å². The van der Waals surface area contributed by atoms with Crippen molar-refractivity contribution in [1.82, 2.24) is 25.1 Å². The monoisotopic (exact) mass is 341 g/mol. The van der Waals surface area contributed by atoms with E-state index in [2.05, 4.69) is 25.1 Å². The maximum Gasteiger partial charge on any atom is 0.258 e. The van der Waals surface area contributed by atoms with Crippen LogP contribution in [0.1, 0.15) is 18.7 Å². The molecule has 25 heavy (non-hydrogen) atoms. The minimum atomic E-state index is -0.0379. The number of H-pyrrole nitrogens is 1. The summed E-state index contributed by atoms with van der Waals surface area (Å²) in [5.74, 6) is 1.58. The average molecular weight is 341 g/mol. The van der Waals surface area contributed by atoms with Crippen LogP contribution in [0.5, 0.6) is 0 Å². The van der Waals surface area contributed by atoms with Crippen LogP contribution in [0.4, 0.5) is 0 Å². The number of piperazine rings is 1. The lowest BCUT2D eigenvalue weighted by molar-refractivity contribution is 0.106. The third kappa shape index (κ3) is 4.08. The summed E-state index contributed by atoms with van der Waals surface area (Å²) >= 11 is 0. The normalized spacial score (nSPS) is 23.1. The SMILES string of the molecule is O=c1[nH]c(CN2CCN(CC3CCCNC3)CC2)nc2ccccc12. The van der Waals surface area contributed by atoms with Crippen LogP contribution in [0.25, 0.3) is 10.9 Å². The third-order valence-corrected chi connectivity index (χ3v) is 5.42. The Morgan fingerprint density at radius 3 is 2.72 bits per heavy atom. The maximum absolute atomic E-state index is 12.2. The molecule has 0 radical (unpaired) electrons. The van der Waals surface area contributed by atoms with Crippen LogP contribution in [-0.4, -0.2) is 65.6 Å². The van der Waals surface area contributed by atoms with E-state index in [1.54, 1.807) is 0 Å². The van der Waals surface area contributed by atoms with E-state index in [4.69, 9.17) is 0 Å². The highest BCUT2D eigenvalue weighted by Crippen LogP contribution is 2.14. The molecule has 1 aromatic heterocycles. The van der Waals surface area contributed by atoms with Crippen molar-refractivity contribution in [2.75, 3.05) is 45.8 Å². The topological polar surface area (TPSA) is 64.3 Å². The Bertz CT molecular complexity index is 760. The lowest BCUT2D eigenvalue weighted by atomic mass is 9.99. The van der Waals surface area contributed by atoms with Gasteiger partial charge < -0.3 is 15.2 Å². The molecule has 0 bridgehead atoms. The molecule has 1 atom stereocenters. The minimum absolute atomic E-state index is 0.0379. The van der Waals surface area contributed by atoms with E-state index in [0.717, 1.165) is 50.0 Å². The molecule has 0 aliphatic carbocycles. The van der Waals surface area contributed by atoms with Gasteiger partial charge in [-0.05, 0) is 44.0 Å². The number of nitrogens with one attached hydrogen (secondary N) is 2. The van der Waals surface area contributed by atoms with E-state index >= 15 is 0 Å². The first kappa shape index (κ1) is 16.7. The van der Waals surface area contributed by atoms with Gasteiger partial charge in [-0.2, -0.15) is 0 Å². The second kappa shape index (κ2) is 7.64. The molecule has 1 aromatic carbocycles. The first-order chi connectivity index (χ1) is 12.3. The number of aromatic nitrogens is 2. The van der Waals surface area contributed by atoms with Gasteiger partial charge in [0.1, 0.15) is 5.82 Å². The molecule has 134 valence electrons. The Labute approximate surface area is 148 Å². The molecule has 2 saturated heterocycles. The minimum Gasteiger partial charge on any atom is -0.316 e. The largest absolute Gasteiger partial charge is 0.316 e. The molecule has 0 amide bonds. The smallest absolute Gasteiger partial charge is 0.258 e. The van der Waals surface area contributed by atoms with Crippen LogP contribution >= 0.6 is 0 Å². The van der Waals surface area contributed by atoms with E-state index in [0.29, 0.717) is 5.39 Å². The summed E-state index contributed by atoms with van der Waals surface area (Å²) in [5.41, 5.74) is 0.744. The molecule has 2 fully saturated rings. The van der Waals surface area contributed by atoms with E-state index in [1.165, 1.54) is 32.5 Å². The quantitative estimate of drug-likeness (QED) is 0.870. The summed E-state index contributed by atoms with van der Waals surface area (Å²) in [6.45, 7) is 8.57. The molecule has 6 nitrogen and oxygen atoms in total. The van der Waals surface area contributed by atoms with Crippen molar-refractivity contribution in [2.24, 2.45) is 5.92 Å². The Morgan fingerprint density at radius 1 is 1.12 bits per heavy atom. The fraction of sp³-hybridized carbons (Fsp3) is 0.579. The Hall–Kier alpha value is -1.76. The van der Waals surface area contributed by atoms with Crippen LogP contribution < -0.4 is 10.9 Å². The van der Waals surface area contributed by atoms with Crippen LogP contribution in [0.15, 0.2) is 29.1 Å². The zero-order chi connectivity index (χ0) is 17.1. The molecule has 6 heteroatoms. The predicted molar refractivity (Wildman–Crippen MR) is 99.7 cm³/mol. The summed E-state index contributed by atoms with van der Waals surface area (Å²) in [7, 11) is 0. The van der Waals surface area contributed by atoms with Gasteiger partial charge in [-0.25, -0.2) is 4.98 Å². The first-order valence-corrected chi connectivity index (χ1v) is 9.41. The van der Waals surface area contributed by atoms with Crippen molar-refractivity contribution < 1.29 is 0 Å². The van der Waals surface area contributed by atoms with Gasteiger partial charge in [0.25, 0.3) is 5.56 Å². The average Bonchev–Trinajstić information content (AvgIpc) is 2.64. The van der Waals surface area contributed by atoms with Crippen molar-refractivity contribution in [1.29, 1.82) is 0 Å². The van der Waals surface area contributed by atoms with Crippen molar-refractivity contribution in [3.8, 4) is 0 Å². The highest BCUT2D eigenvalue weighted by molar-refractivity contribution is 5.77. The van der Waals surface area contributed by atoms with Crippen LogP contribution in [0.3, 0.4) is 0 Å². The number of nitrogens with zero attached hydrogens (tertiary/aromatic N) is 3. The van der Waals surface area contributed by atoms with Gasteiger partial charge in [-0.3, -0.25) is 9.69 Å². The van der Waals surface area contributed by atoms with Gasteiger partial charge in [0.2, 0.25) is 0 Å². The second-order valence-corrected chi connectivity index (χ2v) is 7.32. The number of aromatic amines is 1. The number of benzene rings is 1. The molecule has 3 heterocycles.